The van der Waals surface area contributed by atoms with E-state index in [0.29, 0.717) is 12.1 Å². The molecule has 0 unspecified atom stereocenters. The van der Waals surface area contributed by atoms with Gasteiger partial charge in [0.25, 0.3) is 0 Å². The van der Waals surface area contributed by atoms with E-state index in [4.69, 9.17) is 5.41 Å². The van der Waals surface area contributed by atoms with Crippen molar-refractivity contribution in [2.24, 2.45) is 0 Å². The molecule has 0 aliphatic heterocycles. The number of aromatic hydroxyl groups is 1. The molecule has 0 spiro atoms. The summed E-state index contributed by atoms with van der Waals surface area (Å²) in [5.41, 5.74) is 3.67. The molecule has 5 nitrogen and oxygen atoms in total. The highest BCUT2D eigenvalue weighted by atomic mass is 79.9. The zero-order valence-electron chi connectivity index (χ0n) is 15.1. The predicted octanol–water partition coefficient (Wildman–Crippen LogP) is 4.14. The Morgan fingerprint density at radius 2 is 1.39 bits per heavy atom. The number of phenols is 1. The molecular weight excluding hydrogens is 418 g/mol. The first kappa shape index (κ1) is 19.6. The number of aromatic nitrogens is 2. The monoisotopic (exact) mass is 437 g/mol. The van der Waals surface area contributed by atoms with Crippen LogP contribution in [0.4, 0.5) is 0 Å². The molecule has 0 radical (unpaired) electrons. The Balaban J connectivity index is 0.00000225. The van der Waals surface area contributed by atoms with Gasteiger partial charge in [0.05, 0.1) is 24.1 Å². The first-order valence-electron chi connectivity index (χ1n) is 8.72. The number of hydrogen-bond acceptors (Lipinski definition) is 3. The van der Waals surface area contributed by atoms with E-state index in [2.05, 4.69) is 0 Å². The minimum Gasteiger partial charge on any atom is -0.508 e. The standard InChI is InChI=1S/C22H19N3O2.BrH/c23-22-24(14-16-6-2-1-3-7-16)19-8-4-5-9-20(19)25(22)15-21(27)17-10-12-18(26)13-11-17;/h1-13,23,26H,14-15H2;1H. The maximum absolute atomic E-state index is 12.7. The number of Topliss-reactive ketones (excluding diaryl/α,β-unsaturated/α-hetero) is 1. The van der Waals surface area contributed by atoms with E-state index in [1.807, 2.05) is 59.2 Å². The SMILES string of the molecule is Br.N=c1n(CC(=O)c2ccc(O)cc2)c2ccccc2n1Cc1ccccc1. The Bertz CT molecular complexity index is 1160. The molecule has 6 heteroatoms. The first-order chi connectivity index (χ1) is 13.1. The number of nitrogens with one attached hydrogen (secondary N) is 1. The lowest BCUT2D eigenvalue weighted by Gasteiger charge is -2.05. The van der Waals surface area contributed by atoms with Gasteiger partial charge < -0.3 is 14.2 Å². The quantitative estimate of drug-likeness (QED) is 0.460. The normalized spacial score (nSPS) is 10.6. The number of nitrogens with zero attached hydrogens (tertiary/aromatic N) is 2. The lowest BCUT2D eigenvalue weighted by Crippen LogP contribution is -2.27. The number of hydrogen-bond donors (Lipinski definition) is 2. The van der Waals surface area contributed by atoms with Crippen LogP contribution in [0, 0.1) is 5.41 Å². The van der Waals surface area contributed by atoms with Gasteiger partial charge in [-0.1, -0.05) is 42.5 Å². The van der Waals surface area contributed by atoms with Crippen LogP contribution in [0.5, 0.6) is 5.75 Å². The molecule has 4 rings (SSSR count). The second-order valence-electron chi connectivity index (χ2n) is 6.44. The van der Waals surface area contributed by atoms with E-state index in [1.54, 1.807) is 16.7 Å². The minimum atomic E-state index is -0.101. The van der Waals surface area contributed by atoms with Crippen molar-refractivity contribution in [2.75, 3.05) is 0 Å². The lowest BCUT2D eigenvalue weighted by molar-refractivity contribution is 0.0971. The first-order valence-corrected chi connectivity index (χ1v) is 8.72. The van der Waals surface area contributed by atoms with E-state index < -0.39 is 0 Å². The summed E-state index contributed by atoms with van der Waals surface area (Å²) in [7, 11) is 0. The summed E-state index contributed by atoms with van der Waals surface area (Å²) in [4.78, 5) is 12.7. The van der Waals surface area contributed by atoms with Gasteiger partial charge in [-0.25, -0.2) is 0 Å². The van der Waals surface area contributed by atoms with Crippen molar-refractivity contribution in [3.05, 3.63) is 95.6 Å². The van der Waals surface area contributed by atoms with Crippen LogP contribution in [-0.4, -0.2) is 20.0 Å². The van der Waals surface area contributed by atoms with Gasteiger partial charge in [-0.15, -0.1) is 17.0 Å². The number of fused-ring (bicyclic) bond motifs is 1. The van der Waals surface area contributed by atoms with E-state index in [1.165, 1.54) is 12.1 Å². The number of carbonyl (C=O) groups is 1. The maximum atomic E-state index is 12.7. The van der Waals surface area contributed by atoms with Gasteiger partial charge in [-0.3, -0.25) is 10.2 Å². The highest BCUT2D eigenvalue weighted by Crippen LogP contribution is 2.16. The van der Waals surface area contributed by atoms with Gasteiger partial charge in [-0.2, -0.15) is 0 Å². The molecule has 142 valence electrons. The molecule has 0 saturated heterocycles. The van der Waals surface area contributed by atoms with Crippen molar-refractivity contribution in [2.45, 2.75) is 13.1 Å². The number of rotatable bonds is 5. The molecule has 0 aliphatic rings. The predicted molar refractivity (Wildman–Crippen MR) is 114 cm³/mol. The highest BCUT2D eigenvalue weighted by molar-refractivity contribution is 8.93. The molecule has 0 atom stereocenters. The Kier molecular flexibility index (Phi) is 5.80. The Hall–Kier alpha value is -3.12. The van der Waals surface area contributed by atoms with E-state index in [0.717, 1.165) is 16.6 Å². The topological polar surface area (TPSA) is 71.0 Å². The van der Waals surface area contributed by atoms with Gasteiger partial charge in [-0.05, 0) is 42.0 Å². The van der Waals surface area contributed by atoms with Gasteiger partial charge in [0.1, 0.15) is 5.75 Å². The van der Waals surface area contributed by atoms with E-state index in [9.17, 15) is 9.90 Å². The summed E-state index contributed by atoms with van der Waals surface area (Å²) in [6, 6.07) is 23.9. The van der Waals surface area contributed by atoms with Crippen LogP contribution >= 0.6 is 17.0 Å². The zero-order valence-corrected chi connectivity index (χ0v) is 16.8. The van der Waals surface area contributed by atoms with Gasteiger partial charge in [0.2, 0.25) is 5.62 Å². The van der Waals surface area contributed by atoms with Crippen LogP contribution in [0.2, 0.25) is 0 Å². The van der Waals surface area contributed by atoms with Crippen LogP contribution in [0.1, 0.15) is 15.9 Å². The highest BCUT2D eigenvalue weighted by Gasteiger charge is 2.14. The molecular formula is C22H20BrN3O2. The number of para-hydroxylation sites is 2. The third-order valence-corrected chi connectivity index (χ3v) is 4.65. The van der Waals surface area contributed by atoms with Crippen molar-refractivity contribution in [3.63, 3.8) is 0 Å². The fraction of sp³-hybridized carbons (Fsp3) is 0.0909. The molecule has 4 aromatic rings. The smallest absolute Gasteiger partial charge is 0.203 e. The number of phenolic OH excluding ortho intramolecular Hbond substituents is 1. The number of benzene rings is 3. The Morgan fingerprint density at radius 1 is 0.821 bits per heavy atom. The van der Waals surface area contributed by atoms with Crippen molar-refractivity contribution >= 4 is 33.8 Å². The molecule has 0 bridgehead atoms. The van der Waals surface area contributed by atoms with Gasteiger partial charge in [0.15, 0.2) is 5.78 Å². The summed E-state index contributed by atoms with van der Waals surface area (Å²) in [5.74, 6) is 0.0240. The molecule has 3 aromatic carbocycles. The number of ketones is 1. The lowest BCUT2D eigenvalue weighted by atomic mass is 10.1. The molecule has 0 amide bonds. The Morgan fingerprint density at radius 3 is 2.04 bits per heavy atom. The van der Waals surface area contributed by atoms with E-state index in [-0.39, 0.29) is 40.7 Å². The number of imidazole rings is 1. The number of halogens is 1. The van der Waals surface area contributed by atoms with Crippen molar-refractivity contribution < 1.29 is 9.90 Å². The second-order valence-corrected chi connectivity index (χ2v) is 6.44. The molecule has 28 heavy (non-hydrogen) atoms. The Labute approximate surface area is 172 Å². The van der Waals surface area contributed by atoms with Crippen molar-refractivity contribution in [1.82, 2.24) is 9.13 Å². The van der Waals surface area contributed by atoms with Gasteiger partial charge in [0, 0.05) is 5.56 Å². The summed E-state index contributed by atoms with van der Waals surface area (Å²) in [6.07, 6.45) is 0. The average molecular weight is 438 g/mol. The summed E-state index contributed by atoms with van der Waals surface area (Å²) in [6.45, 7) is 0.645. The average Bonchev–Trinajstić information content (AvgIpc) is 2.95. The van der Waals surface area contributed by atoms with Crippen LogP contribution in [0.25, 0.3) is 11.0 Å². The third-order valence-electron chi connectivity index (χ3n) is 4.65. The van der Waals surface area contributed by atoms with Crippen LogP contribution < -0.4 is 5.62 Å². The van der Waals surface area contributed by atoms with Crippen molar-refractivity contribution in [3.8, 4) is 5.75 Å². The fourth-order valence-electron chi connectivity index (χ4n) is 3.26. The van der Waals surface area contributed by atoms with Crippen LogP contribution in [0.3, 0.4) is 0 Å². The largest absolute Gasteiger partial charge is 0.508 e. The second kappa shape index (κ2) is 8.27. The molecule has 1 heterocycles. The van der Waals surface area contributed by atoms with Crippen molar-refractivity contribution in [1.29, 1.82) is 5.41 Å². The fourth-order valence-corrected chi connectivity index (χ4v) is 3.26. The van der Waals surface area contributed by atoms with Gasteiger partial charge >= 0.3 is 0 Å². The molecule has 2 N–H and O–H groups in total. The molecule has 0 aliphatic carbocycles. The van der Waals surface area contributed by atoms with E-state index >= 15 is 0 Å². The minimum absolute atomic E-state index is 0. The van der Waals surface area contributed by atoms with Crippen LogP contribution in [0.15, 0.2) is 78.9 Å². The van der Waals surface area contributed by atoms with Crippen LogP contribution in [-0.2, 0) is 13.1 Å². The molecule has 0 saturated carbocycles. The zero-order chi connectivity index (χ0) is 18.8. The third kappa shape index (κ3) is 3.77. The summed E-state index contributed by atoms with van der Waals surface area (Å²) >= 11 is 0. The number of carbonyl (C=O) groups excluding carboxylic acids is 1. The summed E-state index contributed by atoms with van der Waals surface area (Å²) < 4.78 is 3.64. The summed E-state index contributed by atoms with van der Waals surface area (Å²) in [5, 5.41) is 18.1. The molecule has 0 fully saturated rings. The molecule has 1 aromatic heterocycles. The maximum Gasteiger partial charge on any atom is 0.203 e.